The SMILES string of the molecule is COCCOc1cc2[nH]nc(-c3cc(-c4ccc(N5CCS(=O)CC5)nc4)no3)c2cc1F. The number of pyridine rings is 1. The largest absolute Gasteiger partial charge is 0.488 e. The molecule has 1 aliphatic rings. The van der Waals surface area contributed by atoms with Crippen molar-refractivity contribution in [3.63, 3.8) is 0 Å². The first-order valence-electron chi connectivity index (χ1n) is 10.4. The van der Waals surface area contributed by atoms with Crippen LogP contribution < -0.4 is 9.64 Å². The Hall–Kier alpha value is -3.31. The number of methoxy groups -OCH3 is 1. The van der Waals surface area contributed by atoms with Crippen LogP contribution in [0.2, 0.25) is 0 Å². The third-order valence-electron chi connectivity index (χ3n) is 5.45. The molecule has 1 aromatic carbocycles. The van der Waals surface area contributed by atoms with Crippen molar-refractivity contribution in [3.8, 4) is 28.5 Å². The van der Waals surface area contributed by atoms with E-state index in [-0.39, 0.29) is 12.4 Å². The summed E-state index contributed by atoms with van der Waals surface area (Å²) in [5, 5.41) is 11.9. The van der Waals surface area contributed by atoms with Gasteiger partial charge in [0.1, 0.15) is 23.8 Å². The number of halogens is 1. The van der Waals surface area contributed by atoms with Gasteiger partial charge in [-0.1, -0.05) is 5.16 Å². The second-order valence-corrected chi connectivity index (χ2v) is 9.25. The molecule has 0 spiro atoms. The van der Waals surface area contributed by atoms with Crippen molar-refractivity contribution in [2.45, 2.75) is 0 Å². The Bertz CT molecular complexity index is 1280. The Kier molecular flexibility index (Phi) is 6.05. The molecule has 0 unspecified atom stereocenters. The molecule has 0 amide bonds. The van der Waals surface area contributed by atoms with E-state index < -0.39 is 16.6 Å². The third kappa shape index (κ3) is 4.46. The van der Waals surface area contributed by atoms with Gasteiger partial charge in [0.2, 0.25) is 0 Å². The maximum atomic E-state index is 14.5. The van der Waals surface area contributed by atoms with Crippen LogP contribution in [0.5, 0.6) is 5.75 Å². The van der Waals surface area contributed by atoms with E-state index in [0.717, 1.165) is 24.5 Å². The summed E-state index contributed by atoms with van der Waals surface area (Å²) in [7, 11) is 0.823. The Morgan fingerprint density at radius 2 is 2.06 bits per heavy atom. The number of nitrogens with zero attached hydrogens (tertiary/aromatic N) is 4. The molecule has 0 radical (unpaired) electrons. The zero-order chi connectivity index (χ0) is 22.8. The topological polar surface area (TPSA) is 106 Å². The van der Waals surface area contributed by atoms with Crippen molar-refractivity contribution in [1.29, 1.82) is 0 Å². The van der Waals surface area contributed by atoms with E-state index in [1.165, 1.54) is 6.07 Å². The summed E-state index contributed by atoms with van der Waals surface area (Å²) in [5.74, 6) is 2.20. The zero-order valence-corrected chi connectivity index (χ0v) is 18.7. The standard InChI is InChI=1S/C22H22FN5O4S/c1-30-6-7-31-19-12-18-15(10-16(19)23)22(26-25-18)20-11-17(27-32-20)14-2-3-21(24-13-14)28-4-8-33(29)9-5-28/h2-3,10-13H,4-9H2,1H3,(H,25,26). The molecule has 0 aliphatic carbocycles. The summed E-state index contributed by atoms with van der Waals surface area (Å²) in [6.45, 7) is 2.07. The highest BCUT2D eigenvalue weighted by molar-refractivity contribution is 7.85. The van der Waals surface area contributed by atoms with Crippen LogP contribution in [0.15, 0.2) is 41.1 Å². The van der Waals surface area contributed by atoms with Gasteiger partial charge in [0.25, 0.3) is 0 Å². The predicted molar refractivity (Wildman–Crippen MR) is 122 cm³/mol. The molecule has 1 N–H and O–H groups in total. The number of anilines is 1. The Balaban J connectivity index is 1.36. The zero-order valence-electron chi connectivity index (χ0n) is 17.9. The lowest BCUT2D eigenvalue weighted by atomic mass is 10.1. The van der Waals surface area contributed by atoms with Crippen LogP contribution >= 0.6 is 0 Å². The van der Waals surface area contributed by atoms with Crippen LogP contribution in [-0.2, 0) is 15.5 Å². The lowest BCUT2D eigenvalue weighted by molar-refractivity contribution is 0.144. The fourth-order valence-electron chi connectivity index (χ4n) is 3.67. The van der Waals surface area contributed by atoms with Crippen molar-refractivity contribution >= 4 is 27.5 Å². The van der Waals surface area contributed by atoms with E-state index in [0.29, 0.717) is 46.2 Å². The highest BCUT2D eigenvalue weighted by atomic mass is 32.2. The molecule has 33 heavy (non-hydrogen) atoms. The number of fused-ring (bicyclic) bond motifs is 1. The van der Waals surface area contributed by atoms with E-state index in [4.69, 9.17) is 14.0 Å². The lowest BCUT2D eigenvalue weighted by Gasteiger charge is -2.27. The van der Waals surface area contributed by atoms with Gasteiger partial charge < -0.3 is 18.9 Å². The molecule has 0 atom stereocenters. The fourth-order valence-corrected chi connectivity index (χ4v) is 4.72. The highest BCUT2D eigenvalue weighted by Crippen LogP contribution is 2.33. The molecule has 9 nitrogen and oxygen atoms in total. The minimum atomic E-state index is -0.732. The molecule has 4 heterocycles. The smallest absolute Gasteiger partial charge is 0.188 e. The van der Waals surface area contributed by atoms with Gasteiger partial charge in [-0.3, -0.25) is 9.31 Å². The summed E-state index contributed by atoms with van der Waals surface area (Å²) in [4.78, 5) is 6.65. The number of hydrogen-bond acceptors (Lipinski definition) is 8. The number of benzene rings is 1. The van der Waals surface area contributed by atoms with Crippen LogP contribution in [0.25, 0.3) is 33.6 Å². The highest BCUT2D eigenvalue weighted by Gasteiger charge is 2.19. The van der Waals surface area contributed by atoms with Crippen molar-refractivity contribution < 1.29 is 22.6 Å². The fraction of sp³-hybridized carbons (Fsp3) is 0.318. The molecule has 1 aliphatic heterocycles. The van der Waals surface area contributed by atoms with Crippen molar-refractivity contribution in [3.05, 3.63) is 42.3 Å². The second kappa shape index (κ2) is 9.28. The minimum Gasteiger partial charge on any atom is -0.488 e. The van der Waals surface area contributed by atoms with E-state index in [1.807, 2.05) is 12.1 Å². The van der Waals surface area contributed by atoms with E-state index in [9.17, 15) is 8.60 Å². The predicted octanol–water partition coefficient (Wildman–Crippen LogP) is 3.01. The van der Waals surface area contributed by atoms with Crippen molar-refractivity contribution in [2.24, 2.45) is 0 Å². The Morgan fingerprint density at radius 1 is 1.21 bits per heavy atom. The summed E-state index contributed by atoms with van der Waals surface area (Å²) < 4.78 is 41.9. The molecule has 1 saturated heterocycles. The van der Waals surface area contributed by atoms with Gasteiger partial charge in [-0.25, -0.2) is 9.37 Å². The molecule has 4 aromatic rings. The van der Waals surface area contributed by atoms with Crippen LogP contribution in [0, 0.1) is 5.82 Å². The van der Waals surface area contributed by atoms with Gasteiger partial charge >= 0.3 is 0 Å². The second-order valence-electron chi connectivity index (χ2n) is 7.56. The molecule has 172 valence electrons. The van der Waals surface area contributed by atoms with Gasteiger partial charge in [-0.2, -0.15) is 5.10 Å². The van der Waals surface area contributed by atoms with Crippen molar-refractivity contribution in [1.82, 2.24) is 20.3 Å². The molecular formula is C22H22FN5O4S. The first-order chi connectivity index (χ1) is 16.1. The van der Waals surface area contributed by atoms with Crippen LogP contribution in [-0.4, -0.2) is 69.5 Å². The normalized spacial score (nSPS) is 14.8. The molecular weight excluding hydrogens is 449 g/mol. The number of aromatic nitrogens is 4. The van der Waals surface area contributed by atoms with Crippen molar-refractivity contribution in [2.75, 3.05) is 49.8 Å². The molecule has 3 aromatic heterocycles. The molecule has 0 saturated carbocycles. The number of H-pyrrole nitrogens is 1. The summed E-state index contributed by atoms with van der Waals surface area (Å²) in [6, 6.07) is 8.51. The quantitative estimate of drug-likeness (QED) is 0.410. The molecule has 1 fully saturated rings. The third-order valence-corrected chi connectivity index (χ3v) is 6.73. The lowest BCUT2D eigenvalue weighted by Crippen LogP contribution is -2.38. The van der Waals surface area contributed by atoms with Crippen LogP contribution in [0.1, 0.15) is 0 Å². The van der Waals surface area contributed by atoms with E-state index in [1.54, 1.807) is 25.4 Å². The van der Waals surface area contributed by atoms with Gasteiger partial charge in [0.15, 0.2) is 17.3 Å². The summed E-state index contributed by atoms with van der Waals surface area (Å²) in [5.41, 5.74) is 2.45. The molecule has 11 heteroatoms. The number of ether oxygens (including phenoxy) is 2. The summed E-state index contributed by atoms with van der Waals surface area (Å²) >= 11 is 0. The minimum absolute atomic E-state index is 0.124. The average Bonchev–Trinajstić information content (AvgIpc) is 3.47. The van der Waals surface area contributed by atoms with E-state index in [2.05, 4.69) is 25.2 Å². The maximum Gasteiger partial charge on any atom is 0.188 e. The number of aromatic amines is 1. The van der Waals surface area contributed by atoms with Crippen LogP contribution in [0.3, 0.4) is 0 Å². The van der Waals surface area contributed by atoms with Gasteiger partial charge in [0.05, 0.1) is 12.1 Å². The first kappa shape index (κ1) is 21.5. The number of hydrogen-bond donors (Lipinski definition) is 1. The Morgan fingerprint density at radius 3 is 2.82 bits per heavy atom. The monoisotopic (exact) mass is 471 g/mol. The Labute approximate surface area is 191 Å². The molecule has 0 bridgehead atoms. The van der Waals surface area contributed by atoms with E-state index >= 15 is 0 Å². The number of rotatable bonds is 7. The van der Waals surface area contributed by atoms with Crippen LogP contribution in [0.4, 0.5) is 10.2 Å². The van der Waals surface area contributed by atoms with Gasteiger partial charge in [-0.05, 0) is 18.2 Å². The first-order valence-corrected chi connectivity index (χ1v) is 11.9. The average molecular weight is 472 g/mol. The summed E-state index contributed by atoms with van der Waals surface area (Å²) in [6.07, 6.45) is 1.73. The molecule has 5 rings (SSSR count). The number of nitrogens with one attached hydrogen (secondary N) is 1. The maximum absolute atomic E-state index is 14.5. The van der Waals surface area contributed by atoms with Gasteiger partial charge in [-0.15, -0.1) is 0 Å². The van der Waals surface area contributed by atoms with Gasteiger partial charge in [0, 0.05) is 71.8 Å².